The van der Waals surface area contributed by atoms with E-state index in [1.165, 1.54) is 25.7 Å². The van der Waals surface area contributed by atoms with E-state index in [1.807, 2.05) is 6.07 Å². The molecule has 154 valence electrons. The van der Waals surface area contributed by atoms with Crippen molar-refractivity contribution in [2.45, 2.75) is 77.3 Å². The second kappa shape index (κ2) is 8.18. The van der Waals surface area contributed by atoms with Crippen molar-refractivity contribution in [3.63, 3.8) is 0 Å². The summed E-state index contributed by atoms with van der Waals surface area (Å²) in [5, 5.41) is 6.69. The van der Waals surface area contributed by atoms with E-state index >= 15 is 0 Å². The number of aromatic nitrogens is 1. The van der Waals surface area contributed by atoms with Crippen LogP contribution >= 0.6 is 0 Å². The largest absolute Gasteiger partial charge is 0.396 e. The lowest BCUT2D eigenvalue weighted by atomic mass is 9.87. The smallest absolute Gasteiger partial charge is 0.255 e. The molecule has 0 unspecified atom stereocenters. The van der Waals surface area contributed by atoms with Crippen molar-refractivity contribution in [2.75, 3.05) is 29.0 Å². The minimum Gasteiger partial charge on any atom is -0.396 e. The molecule has 0 aromatic carbocycles. The second-order valence-electron chi connectivity index (χ2n) is 9.32. The highest BCUT2D eigenvalue weighted by Crippen LogP contribution is 2.33. The maximum atomic E-state index is 13.2. The Balaban J connectivity index is 1.56. The van der Waals surface area contributed by atoms with Crippen LogP contribution in [0.25, 0.3) is 0 Å². The van der Waals surface area contributed by atoms with Crippen molar-refractivity contribution < 1.29 is 4.79 Å². The van der Waals surface area contributed by atoms with E-state index in [0.717, 1.165) is 62.2 Å². The van der Waals surface area contributed by atoms with Gasteiger partial charge in [0.2, 0.25) is 0 Å². The van der Waals surface area contributed by atoms with Gasteiger partial charge in [-0.15, -0.1) is 0 Å². The van der Waals surface area contributed by atoms with E-state index in [-0.39, 0.29) is 11.9 Å². The number of nitrogens with two attached hydrogens (primary N) is 1. The number of carbonyl (C=O) groups excluding carboxylic acids is 1. The molecule has 1 aliphatic heterocycles. The maximum absolute atomic E-state index is 13.2. The summed E-state index contributed by atoms with van der Waals surface area (Å²) in [4.78, 5) is 20.3. The Bertz CT molecular complexity index is 701. The van der Waals surface area contributed by atoms with Crippen LogP contribution < -0.4 is 21.3 Å². The predicted molar refractivity (Wildman–Crippen MR) is 115 cm³/mol. The van der Waals surface area contributed by atoms with E-state index in [9.17, 15) is 4.79 Å². The summed E-state index contributed by atoms with van der Waals surface area (Å²) in [7, 11) is 0. The topological polar surface area (TPSA) is 83.3 Å². The van der Waals surface area contributed by atoms with Gasteiger partial charge in [0.05, 0.1) is 11.3 Å². The molecule has 3 aliphatic rings. The molecule has 1 saturated heterocycles. The molecular formula is C22H35N5O. The second-order valence-corrected chi connectivity index (χ2v) is 9.32. The predicted octanol–water partition coefficient (Wildman–Crippen LogP) is 3.78. The number of hydrogen-bond donors (Lipinski definition) is 3. The number of nitrogens with zero attached hydrogens (tertiary/aromatic N) is 2. The van der Waals surface area contributed by atoms with Gasteiger partial charge in [-0.3, -0.25) is 4.79 Å². The molecule has 0 radical (unpaired) electrons. The average molecular weight is 386 g/mol. The van der Waals surface area contributed by atoms with Gasteiger partial charge in [0.25, 0.3) is 5.91 Å². The lowest BCUT2D eigenvalue weighted by Gasteiger charge is -2.33. The Labute approximate surface area is 168 Å². The number of pyridine rings is 1. The summed E-state index contributed by atoms with van der Waals surface area (Å²) in [6, 6.07) is 2.59. The number of nitrogens with one attached hydrogen (secondary N) is 2. The van der Waals surface area contributed by atoms with Crippen molar-refractivity contribution in [3.8, 4) is 0 Å². The van der Waals surface area contributed by atoms with Crippen LogP contribution in [0.1, 0.15) is 75.6 Å². The van der Waals surface area contributed by atoms with Crippen LogP contribution in [0.4, 0.5) is 17.3 Å². The molecule has 2 heterocycles. The highest BCUT2D eigenvalue weighted by molar-refractivity contribution is 6.00. The molecule has 0 bridgehead atoms. The highest BCUT2D eigenvalue weighted by Gasteiger charge is 2.28. The quantitative estimate of drug-likeness (QED) is 0.718. The Morgan fingerprint density at radius 1 is 1.00 bits per heavy atom. The number of rotatable bonds is 5. The summed E-state index contributed by atoms with van der Waals surface area (Å²) in [6.45, 7) is 6.49. The zero-order valence-corrected chi connectivity index (χ0v) is 17.3. The molecule has 6 nitrogen and oxygen atoms in total. The number of piperidine rings is 1. The summed E-state index contributed by atoms with van der Waals surface area (Å²) in [6.07, 6.45) is 9.11. The van der Waals surface area contributed by atoms with Crippen LogP contribution in [-0.2, 0) is 0 Å². The standard InChI is InChI=1S/C22H35N5O/c1-14-3-5-17(6-4-14)25-22(28)18-13-19(23)20(24-16-7-8-16)26-21(18)27-11-9-15(2)10-12-27/h13-17H,3-12,23H2,1-2H3,(H,24,26)(H,25,28). The minimum atomic E-state index is -0.0228. The van der Waals surface area contributed by atoms with E-state index in [4.69, 9.17) is 10.7 Å². The first-order valence-corrected chi connectivity index (χ1v) is 11.1. The van der Waals surface area contributed by atoms with Crippen molar-refractivity contribution in [1.82, 2.24) is 10.3 Å². The fourth-order valence-corrected chi connectivity index (χ4v) is 4.35. The third kappa shape index (κ3) is 4.53. The molecule has 1 aromatic heterocycles. The maximum Gasteiger partial charge on any atom is 0.255 e. The van der Waals surface area contributed by atoms with Gasteiger partial charge in [-0.1, -0.05) is 13.8 Å². The third-order valence-electron chi connectivity index (χ3n) is 6.63. The Morgan fingerprint density at radius 3 is 2.25 bits per heavy atom. The SMILES string of the molecule is CC1CCC(NC(=O)c2cc(N)c(NC3CC3)nc2N2CCC(C)CC2)CC1. The van der Waals surface area contributed by atoms with Crippen molar-refractivity contribution in [2.24, 2.45) is 11.8 Å². The number of nitrogen functional groups attached to an aromatic ring is 1. The Kier molecular flexibility index (Phi) is 5.65. The van der Waals surface area contributed by atoms with Gasteiger partial charge >= 0.3 is 0 Å². The van der Waals surface area contributed by atoms with Gasteiger partial charge in [-0.05, 0) is 69.3 Å². The molecule has 1 aromatic rings. The number of hydrogen-bond acceptors (Lipinski definition) is 5. The summed E-state index contributed by atoms with van der Waals surface area (Å²) < 4.78 is 0. The van der Waals surface area contributed by atoms with Gasteiger partial charge in [0, 0.05) is 25.2 Å². The van der Waals surface area contributed by atoms with Crippen LogP contribution in [0.3, 0.4) is 0 Å². The van der Waals surface area contributed by atoms with Gasteiger partial charge < -0.3 is 21.3 Å². The van der Waals surface area contributed by atoms with Crippen LogP contribution in [-0.4, -0.2) is 36.1 Å². The van der Waals surface area contributed by atoms with Crippen LogP contribution in [0.5, 0.6) is 0 Å². The van der Waals surface area contributed by atoms with Crippen molar-refractivity contribution in [1.29, 1.82) is 0 Å². The molecule has 1 amide bonds. The summed E-state index contributed by atoms with van der Waals surface area (Å²) in [5.41, 5.74) is 7.49. The molecule has 0 atom stereocenters. The molecule has 3 fully saturated rings. The molecule has 28 heavy (non-hydrogen) atoms. The molecule has 2 aliphatic carbocycles. The molecule has 4 N–H and O–H groups in total. The molecule has 0 spiro atoms. The third-order valence-corrected chi connectivity index (χ3v) is 6.63. The lowest BCUT2D eigenvalue weighted by Crippen LogP contribution is -2.40. The van der Waals surface area contributed by atoms with Gasteiger partial charge in [-0.25, -0.2) is 4.98 Å². The van der Waals surface area contributed by atoms with Gasteiger partial charge in [0.15, 0.2) is 5.82 Å². The first-order chi connectivity index (χ1) is 13.5. The molecule has 6 heteroatoms. The fraction of sp³-hybridized carbons (Fsp3) is 0.727. The monoisotopic (exact) mass is 385 g/mol. The normalized spacial score (nSPS) is 26.1. The van der Waals surface area contributed by atoms with Crippen LogP contribution in [0.2, 0.25) is 0 Å². The van der Waals surface area contributed by atoms with Gasteiger partial charge in [-0.2, -0.15) is 0 Å². The summed E-state index contributed by atoms with van der Waals surface area (Å²) >= 11 is 0. The Morgan fingerprint density at radius 2 is 1.61 bits per heavy atom. The average Bonchev–Trinajstić information content (AvgIpc) is 3.50. The first-order valence-electron chi connectivity index (χ1n) is 11.1. The van der Waals surface area contributed by atoms with E-state index < -0.39 is 0 Å². The first kappa shape index (κ1) is 19.3. The fourth-order valence-electron chi connectivity index (χ4n) is 4.35. The van der Waals surface area contributed by atoms with Crippen LogP contribution in [0, 0.1) is 11.8 Å². The van der Waals surface area contributed by atoms with E-state index in [1.54, 1.807) is 0 Å². The lowest BCUT2D eigenvalue weighted by molar-refractivity contribution is 0.0923. The van der Waals surface area contributed by atoms with Crippen LogP contribution in [0.15, 0.2) is 6.07 Å². The number of amides is 1. The molecule has 4 rings (SSSR count). The number of carbonyl (C=O) groups is 1. The molecule has 2 saturated carbocycles. The minimum absolute atomic E-state index is 0.0228. The molecular weight excluding hydrogens is 350 g/mol. The zero-order valence-electron chi connectivity index (χ0n) is 17.3. The van der Waals surface area contributed by atoms with Gasteiger partial charge in [0.1, 0.15) is 5.82 Å². The zero-order chi connectivity index (χ0) is 19.7. The van der Waals surface area contributed by atoms with Crippen molar-refractivity contribution >= 4 is 23.2 Å². The highest BCUT2D eigenvalue weighted by atomic mass is 16.1. The summed E-state index contributed by atoms with van der Waals surface area (Å²) in [5.74, 6) is 3.01. The van der Waals surface area contributed by atoms with Crippen molar-refractivity contribution in [3.05, 3.63) is 11.6 Å². The Hall–Kier alpha value is -1.98. The number of anilines is 3. The van der Waals surface area contributed by atoms with E-state index in [0.29, 0.717) is 17.3 Å². The van der Waals surface area contributed by atoms with E-state index in [2.05, 4.69) is 29.4 Å².